The average Bonchev–Trinajstić information content (AvgIpc) is 3.12. The van der Waals surface area contributed by atoms with Gasteiger partial charge in [0.1, 0.15) is 17.2 Å². The molecule has 2 fully saturated rings. The van der Waals surface area contributed by atoms with Crippen LogP contribution in [0.5, 0.6) is 0 Å². The van der Waals surface area contributed by atoms with E-state index < -0.39 is 0 Å². The Morgan fingerprint density at radius 2 is 2.13 bits per heavy atom. The van der Waals surface area contributed by atoms with E-state index in [0.717, 1.165) is 30.0 Å². The van der Waals surface area contributed by atoms with Gasteiger partial charge in [-0.25, -0.2) is 13.9 Å². The van der Waals surface area contributed by atoms with Gasteiger partial charge >= 0.3 is 0 Å². The molecule has 160 valence electrons. The van der Waals surface area contributed by atoms with E-state index in [1.54, 1.807) is 16.8 Å². The van der Waals surface area contributed by atoms with Crippen molar-refractivity contribution in [2.45, 2.75) is 45.7 Å². The summed E-state index contributed by atoms with van der Waals surface area (Å²) in [5.74, 6) is 1.23. The summed E-state index contributed by atoms with van der Waals surface area (Å²) in [6.07, 6.45) is 6.11. The number of hydrogen-bond donors (Lipinski definition) is 1. The van der Waals surface area contributed by atoms with Crippen LogP contribution in [-0.4, -0.2) is 38.1 Å². The predicted octanol–water partition coefficient (Wildman–Crippen LogP) is 3.16. The van der Waals surface area contributed by atoms with Crippen LogP contribution >= 0.6 is 0 Å². The van der Waals surface area contributed by atoms with E-state index in [1.807, 2.05) is 19.2 Å². The van der Waals surface area contributed by atoms with Crippen LogP contribution in [0.3, 0.4) is 0 Å². The maximum absolute atomic E-state index is 14.4. The fraction of sp³-hybridized carbons (Fsp3) is 0.478. The highest BCUT2D eigenvalue weighted by Gasteiger charge is 2.67. The fourth-order valence-corrected chi connectivity index (χ4v) is 5.73. The molecule has 3 aliphatic rings. The number of pyridine rings is 1. The molecule has 2 bridgehead atoms. The fourth-order valence-electron chi connectivity index (χ4n) is 5.73. The van der Waals surface area contributed by atoms with E-state index >= 15 is 0 Å². The lowest BCUT2D eigenvalue weighted by atomic mass is 9.92. The van der Waals surface area contributed by atoms with Gasteiger partial charge in [-0.1, -0.05) is 13.8 Å². The normalized spacial score (nSPS) is 28.8. The number of aryl methyl sites for hydroxylation is 1. The molecule has 31 heavy (non-hydrogen) atoms. The van der Waals surface area contributed by atoms with Crippen molar-refractivity contribution in [2.24, 2.45) is 17.3 Å². The number of aromatic nitrogens is 4. The first-order valence-corrected chi connectivity index (χ1v) is 10.9. The van der Waals surface area contributed by atoms with Gasteiger partial charge in [0.15, 0.2) is 5.65 Å². The Morgan fingerprint density at radius 3 is 2.97 bits per heavy atom. The van der Waals surface area contributed by atoms with Crippen molar-refractivity contribution in [1.29, 1.82) is 0 Å². The second kappa shape index (κ2) is 6.24. The summed E-state index contributed by atoms with van der Waals surface area (Å²) >= 11 is 0. The van der Waals surface area contributed by atoms with Gasteiger partial charge in [0.2, 0.25) is 0 Å². The number of halogens is 1. The molecule has 2 aliphatic heterocycles. The zero-order chi connectivity index (χ0) is 21.5. The zero-order valence-electron chi connectivity index (χ0n) is 17.8. The van der Waals surface area contributed by atoms with Crippen LogP contribution < -0.4 is 10.2 Å². The number of rotatable bonds is 0. The summed E-state index contributed by atoms with van der Waals surface area (Å²) in [4.78, 5) is 24.5. The lowest BCUT2D eigenvalue weighted by Crippen LogP contribution is -2.33. The molecule has 1 aliphatic carbocycles. The Bertz CT molecular complexity index is 1220. The van der Waals surface area contributed by atoms with Crippen molar-refractivity contribution in [2.75, 3.05) is 11.4 Å². The van der Waals surface area contributed by atoms with Gasteiger partial charge in [-0.15, -0.1) is 0 Å². The number of amides is 1. The van der Waals surface area contributed by atoms with Crippen LogP contribution in [0, 0.1) is 23.1 Å². The van der Waals surface area contributed by atoms with Gasteiger partial charge in [-0.05, 0) is 54.7 Å². The van der Waals surface area contributed by atoms with E-state index in [0.29, 0.717) is 29.5 Å². The third-order valence-electron chi connectivity index (χ3n) is 7.58. The number of nitrogens with one attached hydrogen (secondary N) is 1. The molecule has 0 spiro atoms. The van der Waals surface area contributed by atoms with Crippen LogP contribution in [0.4, 0.5) is 10.2 Å². The molecular formula is C23H25FN6O. The van der Waals surface area contributed by atoms with Gasteiger partial charge < -0.3 is 10.2 Å². The van der Waals surface area contributed by atoms with Gasteiger partial charge in [0, 0.05) is 24.5 Å². The number of fused-ring (bicyclic) bond motifs is 7. The Hall–Kier alpha value is -3.03. The van der Waals surface area contributed by atoms with E-state index in [4.69, 9.17) is 4.98 Å². The second-order valence-electron chi connectivity index (χ2n) is 9.77. The summed E-state index contributed by atoms with van der Waals surface area (Å²) in [5, 5.41) is 7.35. The van der Waals surface area contributed by atoms with Gasteiger partial charge in [0.25, 0.3) is 5.91 Å². The third kappa shape index (κ3) is 2.70. The van der Waals surface area contributed by atoms with Crippen molar-refractivity contribution in [3.63, 3.8) is 0 Å². The van der Waals surface area contributed by atoms with Crippen molar-refractivity contribution in [3.05, 3.63) is 53.4 Å². The monoisotopic (exact) mass is 420 g/mol. The zero-order valence-corrected chi connectivity index (χ0v) is 17.8. The number of carbonyl (C=O) groups is 1. The Kier molecular flexibility index (Phi) is 3.77. The maximum Gasteiger partial charge on any atom is 0.256 e. The highest BCUT2D eigenvalue weighted by molar-refractivity contribution is 5.99. The topological polar surface area (TPSA) is 75.4 Å². The maximum atomic E-state index is 14.4. The molecule has 1 saturated carbocycles. The molecule has 3 aromatic rings. The van der Waals surface area contributed by atoms with Crippen molar-refractivity contribution < 1.29 is 9.18 Å². The standard InChI is InChI=1S/C23H25FN6O/c1-12-4-5-17-14(8-13(24)9-25-17)20-19-16(23(19,2)3)11-29(20)18-6-7-30-21(28-18)15(10-26-30)22(31)27-12/h6-10,12,16,19-20H,4-5,11H2,1-3H3,(H,27,31)/t12-,16+,19+,20-/m1/s1. The summed E-state index contributed by atoms with van der Waals surface area (Å²) < 4.78 is 16.0. The molecular weight excluding hydrogens is 395 g/mol. The van der Waals surface area contributed by atoms with E-state index in [2.05, 4.69) is 34.1 Å². The van der Waals surface area contributed by atoms with Crippen LogP contribution in [-0.2, 0) is 6.42 Å². The molecule has 1 amide bonds. The van der Waals surface area contributed by atoms with E-state index in [-0.39, 0.29) is 29.2 Å². The first-order valence-electron chi connectivity index (χ1n) is 10.9. The quantitative estimate of drug-likeness (QED) is 0.605. The largest absolute Gasteiger partial charge is 0.349 e. The second-order valence-corrected chi connectivity index (χ2v) is 9.77. The molecule has 5 heterocycles. The molecule has 3 aromatic heterocycles. The SMILES string of the molecule is C[C@@H]1CCc2ncc(F)cc2[C@@H]2[C@@H]3[C@H](CN2c2ccn4ncc(c4n2)C(=O)N1)C3(C)C. The molecule has 1 N–H and O–H groups in total. The number of hydrogen-bond acceptors (Lipinski definition) is 5. The van der Waals surface area contributed by atoms with Crippen LogP contribution in [0.25, 0.3) is 5.65 Å². The molecule has 0 radical (unpaired) electrons. The minimum absolute atomic E-state index is 0.0132. The molecule has 7 nitrogen and oxygen atoms in total. The lowest BCUT2D eigenvalue weighted by molar-refractivity contribution is 0.0940. The first kappa shape index (κ1) is 18.7. The van der Waals surface area contributed by atoms with Crippen molar-refractivity contribution in [3.8, 4) is 0 Å². The van der Waals surface area contributed by atoms with Gasteiger partial charge in [-0.2, -0.15) is 5.10 Å². The van der Waals surface area contributed by atoms with Crippen LogP contribution in [0.2, 0.25) is 0 Å². The molecule has 1 saturated heterocycles. The molecule has 4 atom stereocenters. The summed E-state index contributed by atoms with van der Waals surface area (Å²) in [7, 11) is 0. The minimum Gasteiger partial charge on any atom is -0.349 e. The average molecular weight is 420 g/mol. The summed E-state index contributed by atoms with van der Waals surface area (Å²) in [6, 6.07) is 3.54. The number of piperidine rings is 1. The number of nitrogens with zero attached hydrogens (tertiary/aromatic N) is 5. The number of carbonyl (C=O) groups excluding carboxylic acids is 1. The smallest absolute Gasteiger partial charge is 0.256 e. The van der Waals surface area contributed by atoms with Gasteiger partial charge in [-0.3, -0.25) is 9.78 Å². The first-order chi connectivity index (χ1) is 14.8. The molecule has 0 aromatic carbocycles. The summed E-state index contributed by atoms with van der Waals surface area (Å²) in [6.45, 7) is 7.42. The molecule has 6 rings (SSSR count). The molecule has 8 heteroatoms. The van der Waals surface area contributed by atoms with Gasteiger partial charge in [0.05, 0.1) is 18.4 Å². The Morgan fingerprint density at radius 1 is 1.29 bits per heavy atom. The van der Waals surface area contributed by atoms with E-state index in [9.17, 15) is 9.18 Å². The van der Waals surface area contributed by atoms with Crippen molar-refractivity contribution >= 4 is 17.4 Å². The third-order valence-corrected chi connectivity index (χ3v) is 7.58. The highest BCUT2D eigenvalue weighted by Crippen LogP contribution is 2.69. The number of anilines is 1. The van der Waals surface area contributed by atoms with Crippen LogP contribution in [0.15, 0.2) is 30.7 Å². The van der Waals surface area contributed by atoms with Crippen molar-refractivity contribution in [1.82, 2.24) is 24.9 Å². The Labute approximate surface area is 179 Å². The van der Waals surface area contributed by atoms with Crippen LogP contribution in [0.1, 0.15) is 54.8 Å². The molecule has 0 unspecified atom stereocenters. The van der Waals surface area contributed by atoms with E-state index in [1.165, 1.54) is 6.20 Å². The summed E-state index contributed by atoms with van der Waals surface area (Å²) in [5.41, 5.74) is 3.07. The minimum atomic E-state index is -0.312. The lowest BCUT2D eigenvalue weighted by Gasteiger charge is -2.33. The highest BCUT2D eigenvalue weighted by atomic mass is 19.1. The predicted molar refractivity (Wildman–Crippen MR) is 113 cm³/mol. The Balaban J connectivity index is 1.56.